The summed E-state index contributed by atoms with van der Waals surface area (Å²) in [6, 6.07) is 0.764. The lowest BCUT2D eigenvalue weighted by Crippen LogP contribution is -2.53. The molecule has 1 N–H and O–H groups in total. The van der Waals surface area contributed by atoms with Gasteiger partial charge in [-0.2, -0.15) is 0 Å². The molecule has 19 heavy (non-hydrogen) atoms. The molecule has 3 atom stereocenters. The molecular formula is C16H32N2O. The first-order valence-electron chi connectivity index (χ1n) is 8.02. The van der Waals surface area contributed by atoms with Gasteiger partial charge < -0.3 is 15.0 Å². The van der Waals surface area contributed by atoms with Gasteiger partial charge in [0.25, 0.3) is 0 Å². The van der Waals surface area contributed by atoms with Gasteiger partial charge in [0.2, 0.25) is 0 Å². The Bertz CT molecular complexity index is 268. The third-order valence-electron chi connectivity index (χ3n) is 4.60. The minimum Gasteiger partial charge on any atom is -0.377 e. The minimum atomic E-state index is 0.241. The van der Waals surface area contributed by atoms with Crippen LogP contribution < -0.4 is 5.32 Å². The van der Waals surface area contributed by atoms with Crippen molar-refractivity contribution in [1.82, 2.24) is 10.2 Å². The molecule has 1 aliphatic heterocycles. The Balaban J connectivity index is 1.71. The average molecular weight is 268 g/mol. The van der Waals surface area contributed by atoms with Crippen LogP contribution in [0.25, 0.3) is 0 Å². The largest absolute Gasteiger partial charge is 0.377 e. The van der Waals surface area contributed by atoms with Crippen molar-refractivity contribution in [3.63, 3.8) is 0 Å². The molecule has 0 aromatic heterocycles. The zero-order valence-corrected chi connectivity index (χ0v) is 13.2. The number of nitrogens with zero attached hydrogens (tertiary/aromatic N) is 1. The number of ether oxygens (including phenoxy) is 1. The molecule has 2 aliphatic rings. The van der Waals surface area contributed by atoms with Crippen molar-refractivity contribution >= 4 is 0 Å². The molecule has 0 radical (unpaired) electrons. The summed E-state index contributed by atoms with van der Waals surface area (Å²) in [7, 11) is 2.28. The van der Waals surface area contributed by atoms with E-state index in [0.717, 1.165) is 31.7 Å². The van der Waals surface area contributed by atoms with Gasteiger partial charge in [0.1, 0.15) is 0 Å². The maximum Gasteiger partial charge on any atom is 0.0702 e. The van der Waals surface area contributed by atoms with E-state index in [1.54, 1.807) is 0 Å². The third kappa shape index (κ3) is 4.73. The molecule has 3 nitrogen and oxygen atoms in total. The van der Waals surface area contributed by atoms with Gasteiger partial charge in [-0.15, -0.1) is 0 Å². The first kappa shape index (κ1) is 15.3. The Kier molecular flexibility index (Phi) is 5.27. The molecule has 1 heterocycles. The van der Waals surface area contributed by atoms with Crippen LogP contribution in [0.1, 0.15) is 52.9 Å². The van der Waals surface area contributed by atoms with Crippen molar-refractivity contribution in [3.05, 3.63) is 0 Å². The lowest BCUT2D eigenvalue weighted by Gasteiger charge is -2.45. The topological polar surface area (TPSA) is 24.5 Å². The monoisotopic (exact) mass is 268 g/mol. The molecule has 0 bridgehead atoms. The Labute approximate surface area is 119 Å². The zero-order valence-electron chi connectivity index (χ0n) is 13.2. The first-order valence-corrected chi connectivity index (χ1v) is 8.02. The number of hydrogen-bond donors (Lipinski definition) is 1. The minimum absolute atomic E-state index is 0.241. The van der Waals surface area contributed by atoms with Crippen LogP contribution in [0.15, 0.2) is 0 Å². The van der Waals surface area contributed by atoms with E-state index in [-0.39, 0.29) is 5.54 Å². The van der Waals surface area contributed by atoms with E-state index >= 15 is 0 Å². The van der Waals surface area contributed by atoms with Crippen molar-refractivity contribution in [2.75, 3.05) is 26.7 Å². The highest BCUT2D eigenvalue weighted by Gasteiger charge is 2.35. The second kappa shape index (κ2) is 6.55. The fourth-order valence-electron chi connectivity index (χ4n) is 3.22. The summed E-state index contributed by atoms with van der Waals surface area (Å²) < 4.78 is 5.86. The Morgan fingerprint density at radius 1 is 1.16 bits per heavy atom. The number of likely N-dealkylation sites (N-methyl/N-ethyl adjacent to an activating group) is 1. The summed E-state index contributed by atoms with van der Waals surface area (Å²) in [5.74, 6) is 0.827. The molecule has 2 fully saturated rings. The maximum absolute atomic E-state index is 5.86. The maximum atomic E-state index is 5.86. The van der Waals surface area contributed by atoms with E-state index in [2.05, 4.69) is 38.0 Å². The van der Waals surface area contributed by atoms with Crippen LogP contribution in [0.3, 0.4) is 0 Å². The lowest BCUT2D eigenvalue weighted by atomic mass is 9.78. The molecule has 1 saturated heterocycles. The van der Waals surface area contributed by atoms with Crippen LogP contribution in [0.5, 0.6) is 0 Å². The van der Waals surface area contributed by atoms with Crippen molar-refractivity contribution in [2.24, 2.45) is 5.92 Å². The molecule has 0 spiro atoms. The summed E-state index contributed by atoms with van der Waals surface area (Å²) in [5.41, 5.74) is 0.241. The van der Waals surface area contributed by atoms with E-state index in [1.807, 2.05) is 0 Å². The molecular weight excluding hydrogens is 236 g/mol. The molecule has 0 aromatic rings. The molecule has 112 valence electrons. The molecule has 3 heteroatoms. The van der Waals surface area contributed by atoms with Gasteiger partial charge in [-0.1, -0.05) is 0 Å². The quantitative estimate of drug-likeness (QED) is 0.829. The SMILES string of the molecule is CN(CC1CCCCO1)C1CCC1CNC(C)(C)C. The summed E-state index contributed by atoms with van der Waals surface area (Å²) in [6.45, 7) is 10.00. The van der Waals surface area contributed by atoms with Gasteiger partial charge in [0, 0.05) is 24.7 Å². The zero-order chi connectivity index (χ0) is 13.9. The van der Waals surface area contributed by atoms with Gasteiger partial charge in [-0.05, 0) is 72.4 Å². The molecule has 0 amide bonds. The van der Waals surface area contributed by atoms with E-state index in [0.29, 0.717) is 6.10 Å². The fourth-order valence-corrected chi connectivity index (χ4v) is 3.22. The predicted molar refractivity (Wildman–Crippen MR) is 80.5 cm³/mol. The fraction of sp³-hybridized carbons (Fsp3) is 1.00. The Morgan fingerprint density at radius 3 is 2.47 bits per heavy atom. The summed E-state index contributed by atoms with van der Waals surface area (Å²) in [6.07, 6.45) is 7.07. The summed E-state index contributed by atoms with van der Waals surface area (Å²) >= 11 is 0. The number of nitrogens with one attached hydrogen (secondary N) is 1. The summed E-state index contributed by atoms with van der Waals surface area (Å²) in [5, 5.41) is 3.65. The number of hydrogen-bond acceptors (Lipinski definition) is 3. The van der Waals surface area contributed by atoms with E-state index in [9.17, 15) is 0 Å². The van der Waals surface area contributed by atoms with Crippen LogP contribution in [0, 0.1) is 5.92 Å². The second-order valence-corrected chi connectivity index (χ2v) is 7.46. The highest BCUT2D eigenvalue weighted by molar-refractivity contribution is 4.91. The molecule has 1 aliphatic carbocycles. The molecule has 1 saturated carbocycles. The van der Waals surface area contributed by atoms with Crippen molar-refractivity contribution < 1.29 is 4.74 Å². The van der Waals surface area contributed by atoms with Crippen LogP contribution >= 0.6 is 0 Å². The van der Waals surface area contributed by atoms with Gasteiger partial charge in [-0.3, -0.25) is 0 Å². The summed E-state index contributed by atoms with van der Waals surface area (Å²) in [4.78, 5) is 2.55. The molecule has 0 aromatic carbocycles. The van der Waals surface area contributed by atoms with Crippen molar-refractivity contribution in [2.45, 2.75) is 70.6 Å². The highest BCUT2D eigenvalue weighted by Crippen LogP contribution is 2.32. The van der Waals surface area contributed by atoms with Crippen LogP contribution in [-0.2, 0) is 4.74 Å². The van der Waals surface area contributed by atoms with Crippen molar-refractivity contribution in [3.8, 4) is 0 Å². The Hall–Kier alpha value is -0.120. The average Bonchev–Trinajstić information content (AvgIpc) is 2.27. The van der Waals surface area contributed by atoms with Crippen LogP contribution in [0.4, 0.5) is 0 Å². The van der Waals surface area contributed by atoms with Crippen LogP contribution in [0.2, 0.25) is 0 Å². The predicted octanol–water partition coefficient (Wildman–Crippen LogP) is 2.65. The van der Waals surface area contributed by atoms with Gasteiger partial charge >= 0.3 is 0 Å². The van der Waals surface area contributed by atoms with Gasteiger partial charge in [0.15, 0.2) is 0 Å². The highest BCUT2D eigenvalue weighted by atomic mass is 16.5. The lowest BCUT2D eigenvalue weighted by molar-refractivity contribution is -0.0256. The van der Waals surface area contributed by atoms with E-state index in [1.165, 1.54) is 32.1 Å². The Morgan fingerprint density at radius 2 is 1.95 bits per heavy atom. The van der Waals surface area contributed by atoms with Gasteiger partial charge in [0.05, 0.1) is 6.10 Å². The van der Waals surface area contributed by atoms with Gasteiger partial charge in [-0.25, -0.2) is 0 Å². The van der Waals surface area contributed by atoms with Crippen LogP contribution in [-0.4, -0.2) is 49.3 Å². The second-order valence-electron chi connectivity index (χ2n) is 7.46. The molecule has 2 rings (SSSR count). The number of rotatable bonds is 5. The first-order chi connectivity index (χ1) is 8.96. The van der Waals surface area contributed by atoms with E-state index < -0.39 is 0 Å². The third-order valence-corrected chi connectivity index (χ3v) is 4.60. The normalized spacial score (nSPS) is 32.4. The smallest absolute Gasteiger partial charge is 0.0702 e. The molecule has 3 unspecified atom stereocenters. The standard InChI is InChI=1S/C16H32N2O/c1-16(2,3)17-11-13-8-9-15(13)18(4)12-14-7-5-6-10-19-14/h13-15,17H,5-12H2,1-4H3. The van der Waals surface area contributed by atoms with E-state index in [4.69, 9.17) is 4.74 Å². The van der Waals surface area contributed by atoms with Crippen molar-refractivity contribution in [1.29, 1.82) is 0 Å².